The van der Waals surface area contributed by atoms with E-state index in [2.05, 4.69) is 0 Å². The molecule has 0 atom stereocenters. The van der Waals surface area contributed by atoms with Crippen LogP contribution in [-0.2, 0) is 4.79 Å². The van der Waals surface area contributed by atoms with Gasteiger partial charge in [-0.3, -0.25) is 0 Å². The van der Waals surface area contributed by atoms with Gasteiger partial charge < -0.3 is 5.11 Å². The van der Waals surface area contributed by atoms with Crippen LogP contribution in [0.25, 0.3) is 0 Å². The van der Waals surface area contributed by atoms with E-state index in [1.807, 2.05) is 0 Å². The van der Waals surface area contributed by atoms with E-state index >= 15 is 0 Å². The Kier molecular flexibility index (Phi) is 7.85. The van der Waals surface area contributed by atoms with Crippen LogP contribution in [0.15, 0.2) is 11.6 Å². The Morgan fingerprint density at radius 2 is 0.909 bits per heavy atom. The summed E-state index contributed by atoms with van der Waals surface area (Å²) >= 11 is 0. The van der Waals surface area contributed by atoms with Gasteiger partial charge in [-0.25, -0.2) is 4.79 Å². The molecule has 0 saturated heterocycles. The summed E-state index contributed by atoms with van der Waals surface area (Å²) < 4.78 is 221. The largest absolute Gasteiger partial charge is 0.478 e. The van der Waals surface area contributed by atoms with Crippen LogP contribution < -0.4 is 0 Å². The van der Waals surface area contributed by atoms with Crippen LogP contribution in [0.2, 0.25) is 0 Å². The van der Waals surface area contributed by atoms with E-state index in [4.69, 9.17) is 5.11 Å². The highest BCUT2D eigenvalue weighted by atomic mass is 19.4. The molecule has 19 heteroatoms. The normalized spacial score (nSPS) is 16.2. The van der Waals surface area contributed by atoms with Crippen molar-refractivity contribution in [3.05, 3.63) is 11.6 Å². The van der Waals surface area contributed by atoms with Crippen LogP contribution in [0.3, 0.4) is 0 Å². The predicted molar refractivity (Wildman–Crippen MR) is 71.3 cm³/mol. The monoisotopic (exact) mass is 532 g/mol. The average molecular weight is 532 g/mol. The van der Waals surface area contributed by atoms with Crippen LogP contribution in [0.1, 0.15) is 19.8 Å². The molecule has 196 valence electrons. The molecular formula is C14H9F17O2. The minimum Gasteiger partial charge on any atom is -0.478 e. The van der Waals surface area contributed by atoms with Crippen molar-refractivity contribution in [2.75, 3.05) is 0 Å². The van der Waals surface area contributed by atoms with Crippen LogP contribution >= 0.6 is 0 Å². The molecule has 0 unspecified atom stereocenters. The Balaban J connectivity index is 6.47. The lowest BCUT2D eigenvalue weighted by molar-refractivity contribution is -0.461. The molecule has 0 heterocycles. The first kappa shape index (κ1) is 31.0. The highest BCUT2D eigenvalue weighted by Crippen LogP contribution is 2.64. The zero-order valence-electron chi connectivity index (χ0n) is 15.3. The zero-order chi connectivity index (χ0) is 27.3. The van der Waals surface area contributed by atoms with Gasteiger partial charge in [0.05, 0.1) is 0 Å². The first-order chi connectivity index (χ1) is 14.1. The molecule has 0 radical (unpaired) electrons. The van der Waals surface area contributed by atoms with E-state index < -0.39 is 72.0 Å². The Hall–Kier alpha value is -1.98. The molecule has 0 aliphatic rings. The maximum atomic E-state index is 13.5. The Bertz CT molecular complexity index is 762. The number of carboxylic acids is 1. The van der Waals surface area contributed by atoms with Crippen LogP contribution in [0.5, 0.6) is 0 Å². The summed E-state index contributed by atoms with van der Waals surface area (Å²) in [5, 5.41) is 8.38. The van der Waals surface area contributed by atoms with Crippen molar-refractivity contribution in [3.63, 3.8) is 0 Å². The van der Waals surface area contributed by atoms with Crippen molar-refractivity contribution in [1.82, 2.24) is 0 Å². The van der Waals surface area contributed by atoms with Gasteiger partial charge in [-0.1, -0.05) is 6.08 Å². The molecule has 0 bridgehead atoms. The van der Waals surface area contributed by atoms with Crippen molar-refractivity contribution in [2.45, 2.75) is 67.4 Å². The van der Waals surface area contributed by atoms with Gasteiger partial charge in [-0.15, -0.1) is 0 Å². The number of hydrogen-bond donors (Lipinski definition) is 1. The highest BCUT2D eigenvalue weighted by molar-refractivity contribution is 5.85. The second kappa shape index (κ2) is 8.35. The third kappa shape index (κ3) is 4.54. The Morgan fingerprint density at radius 3 is 1.21 bits per heavy atom. The van der Waals surface area contributed by atoms with Gasteiger partial charge in [-0.2, -0.15) is 74.6 Å². The van der Waals surface area contributed by atoms with Crippen molar-refractivity contribution in [3.8, 4) is 0 Å². The lowest BCUT2D eigenvalue weighted by Gasteiger charge is -2.42. The first-order valence-corrected chi connectivity index (χ1v) is 7.69. The third-order valence-corrected chi connectivity index (χ3v) is 4.03. The van der Waals surface area contributed by atoms with E-state index in [0.717, 1.165) is 0 Å². The smallest absolute Gasteiger partial charge is 0.460 e. The fourth-order valence-electron chi connectivity index (χ4n) is 1.91. The van der Waals surface area contributed by atoms with E-state index in [1.165, 1.54) is 0 Å². The SMILES string of the molecule is CC(=CCCC(F)(F)C(F)(F)C(F)(F)C(F)(F)C(F)(F)C(F)(F)C(F)(F)C(F)(F)F)C(=O)O. The van der Waals surface area contributed by atoms with Crippen molar-refractivity contribution >= 4 is 5.97 Å². The summed E-state index contributed by atoms with van der Waals surface area (Å²) in [6, 6.07) is 0. The number of carbonyl (C=O) groups is 1. The topological polar surface area (TPSA) is 37.3 Å². The van der Waals surface area contributed by atoms with Gasteiger partial charge in [0.15, 0.2) is 0 Å². The summed E-state index contributed by atoms with van der Waals surface area (Å²) in [4.78, 5) is 10.4. The highest BCUT2D eigenvalue weighted by Gasteiger charge is 2.95. The van der Waals surface area contributed by atoms with Gasteiger partial charge in [0.1, 0.15) is 0 Å². The quantitative estimate of drug-likeness (QED) is 0.248. The molecule has 0 amide bonds. The number of carboxylic acid groups (broad SMARTS) is 1. The average Bonchev–Trinajstić information content (AvgIpc) is 2.59. The molecule has 0 aliphatic carbocycles. The molecule has 2 nitrogen and oxygen atoms in total. The van der Waals surface area contributed by atoms with Gasteiger partial charge in [-0.05, 0) is 13.3 Å². The summed E-state index contributed by atoms with van der Waals surface area (Å²) in [6.45, 7) is 0.644. The van der Waals surface area contributed by atoms with Gasteiger partial charge in [0.2, 0.25) is 0 Å². The van der Waals surface area contributed by atoms with Crippen molar-refractivity contribution in [1.29, 1.82) is 0 Å². The Morgan fingerprint density at radius 1 is 0.606 bits per heavy atom. The van der Waals surface area contributed by atoms with E-state index in [-0.39, 0.29) is 6.08 Å². The maximum absolute atomic E-state index is 13.5. The number of halogens is 17. The first-order valence-electron chi connectivity index (χ1n) is 7.69. The fourth-order valence-corrected chi connectivity index (χ4v) is 1.91. The minimum atomic E-state index is -8.66. The number of alkyl halides is 17. The van der Waals surface area contributed by atoms with Gasteiger partial charge in [0, 0.05) is 12.0 Å². The van der Waals surface area contributed by atoms with E-state index in [1.54, 1.807) is 0 Å². The summed E-state index contributed by atoms with van der Waals surface area (Å²) in [6.07, 6.45) is -12.0. The predicted octanol–water partition coefficient (Wildman–Crippen LogP) is 6.81. The number of aliphatic carboxylic acids is 1. The summed E-state index contributed by atoms with van der Waals surface area (Å²) in [5.74, 6) is -58.5. The second-order valence-corrected chi connectivity index (χ2v) is 6.38. The molecule has 0 saturated carbocycles. The van der Waals surface area contributed by atoms with Gasteiger partial charge >= 0.3 is 53.6 Å². The fraction of sp³-hybridized carbons (Fsp3) is 0.786. The van der Waals surface area contributed by atoms with Crippen LogP contribution in [-0.4, -0.2) is 58.7 Å². The zero-order valence-corrected chi connectivity index (χ0v) is 15.3. The van der Waals surface area contributed by atoms with E-state index in [0.29, 0.717) is 6.92 Å². The van der Waals surface area contributed by atoms with Crippen molar-refractivity contribution in [2.24, 2.45) is 0 Å². The molecular weight excluding hydrogens is 523 g/mol. The Labute approximate surface area is 171 Å². The molecule has 33 heavy (non-hydrogen) atoms. The lowest BCUT2D eigenvalue weighted by atomic mass is 9.88. The standard InChI is InChI=1S/C14H9F17O2/c1-5(6(32)33)3-2-4-7(15,16)8(17,18)9(19,20)10(21,22)11(23,24)12(25,26)13(27,28)14(29,30)31/h3H,2,4H2,1H3,(H,32,33). The molecule has 0 spiro atoms. The minimum absolute atomic E-state index is 0.148. The third-order valence-electron chi connectivity index (χ3n) is 4.03. The number of allylic oxidation sites excluding steroid dienone is 1. The number of hydrogen-bond acceptors (Lipinski definition) is 1. The maximum Gasteiger partial charge on any atom is 0.460 e. The molecule has 0 aliphatic heterocycles. The molecule has 0 fully saturated rings. The van der Waals surface area contributed by atoms with Crippen molar-refractivity contribution < 1.29 is 84.5 Å². The second-order valence-electron chi connectivity index (χ2n) is 6.38. The van der Waals surface area contributed by atoms with Gasteiger partial charge in [0.25, 0.3) is 0 Å². The summed E-state index contributed by atoms with van der Waals surface area (Å²) in [5.41, 5.74) is -0.883. The van der Waals surface area contributed by atoms with Crippen LogP contribution in [0, 0.1) is 0 Å². The lowest BCUT2D eigenvalue weighted by Crippen LogP contribution is -2.74. The van der Waals surface area contributed by atoms with E-state index in [9.17, 15) is 79.4 Å². The molecule has 0 aromatic carbocycles. The number of rotatable bonds is 10. The van der Waals surface area contributed by atoms with Crippen LogP contribution in [0.4, 0.5) is 74.6 Å². The molecule has 0 aromatic rings. The molecule has 0 aromatic heterocycles. The molecule has 1 N–H and O–H groups in total. The molecule has 0 rings (SSSR count). The summed E-state index contributed by atoms with van der Waals surface area (Å²) in [7, 11) is 0.